The van der Waals surface area contributed by atoms with Gasteiger partial charge in [0.05, 0.1) is 6.42 Å². The largest absolute Gasteiger partial charge is 0.455 e. The van der Waals surface area contributed by atoms with Crippen LogP contribution in [0.15, 0.2) is 0 Å². The zero-order valence-electron chi connectivity index (χ0n) is 5.87. The Labute approximate surface area is 69.7 Å². The fraction of sp³-hybridized carbons (Fsp3) is 0.600. The van der Waals surface area contributed by atoms with Crippen molar-refractivity contribution >= 4 is 24.6 Å². The summed E-state index contributed by atoms with van der Waals surface area (Å²) in [5, 5.41) is 2.25. The molecule has 5 nitrogen and oxygen atoms in total. The number of carbonyl (C=O) groups excluding carboxylic acids is 2. The summed E-state index contributed by atoms with van der Waals surface area (Å²) in [6.07, 6.45) is 0.115. The number of hydrogen-bond acceptors (Lipinski definition) is 4. The van der Waals surface area contributed by atoms with Gasteiger partial charge in [-0.3, -0.25) is 4.79 Å². The molecule has 0 spiro atoms. The number of esters is 1. The van der Waals surface area contributed by atoms with Gasteiger partial charge in [0, 0.05) is 6.54 Å². The van der Waals surface area contributed by atoms with Crippen LogP contribution in [-0.4, -0.2) is 24.5 Å². The van der Waals surface area contributed by atoms with Gasteiger partial charge < -0.3 is 15.8 Å². The number of carbonyl (C=O) groups is 2. The average molecular weight is 178 g/mol. The molecule has 64 valence electrons. The summed E-state index contributed by atoms with van der Waals surface area (Å²) in [5.41, 5.74) is 4.74. The van der Waals surface area contributed by atoms with Crippen LogP contribution < -0.4 is 11.1 Å². The average Bonchev–Trinajstić information content (AvgIpc) is 1.87. The number of rotatable bonds is 4. The quantitative estimate of drug-likeness (QED) is 0.307. The second kappa shape index (κ2) is 5.84. The number of hydrogen-bond donors (Lipinski definition) is 3. The van der Waals surface area contributed by atoms with E-state index >= 15 is 0 Å². The molecule has 0 bridgehead atoms. The standard InChI is InChI=1S/C5H10N2O3S/c6-5(9)7-2-1-4(8)10-3-11/h11H,1-3H2,(H3,6,7,9). The maximum absolute atomic E-state index is 10.6. The molecule has 0 aliphatic heterocycles. The molecule has 0 aromatic rings. The molecule has 0 heterocycles. The van der Waals surface area contributed by atoms with Crippen molar-refractivity contribution in [1.82, 2.24) is 5.32 Å². The van der Waals surface area contributed by atoms with E-state index in [2.05, 4.69) is 22.7 Å². The molecule has 0 aliphatic rings. The van der Waals surface area contributed by atoms with Gasteiger partial charge in [-0.15, -0.1) is 12.6 Å². The molecule has 0 aromatic carbocycles. The fourth-order valence-corrected chi connectivity index (χ4v) is 0.576. The van der Waals surface area contributed by atoms with Crippen LogP contribution in [0.2, 0.25) is 0 Å². The van der Waals surface area contributed by atoms with Gasteiger partial charge in [-0.25, -0.2) is 4.79 Å². The molecule has 0 saturated heterocycles. The van der Waals surface area contributed by atoms with E-state index in [0.29, 0.717) is 0 Å². The summed E-state index contributed by atoms with van der Waals surface area (Å²) in [6, 6.07) is -0.649. The predicted octanol–water partition coefficient (Wildman–Crippen LogP) is -0.525. The molecule has 0 rings (SSSR count). The molecule has 0 saturated carbocycles. The van der Waals surface area contributed by atoms with Gasteiger partial charge in [-0.2, -0.15) is 0 Å². The van der Waals surface area contributed by atoms with Gasteiger partial charge in [0.25, 0.3) is 0 Å². The van der Waals surface area contributed by atoms with Crippen LogP contribution in [0, 0.1) is 0 Å². The first-order chi connectivity index (χ1) is 5.16. The first-order valence-electron chi connectivity index (χ1n) is 2.96. The van der Waals surface area contributed by atoms with Crippen LogP contribution in [0.5, 0.6) is 0 Å². The number of ether oxygens (including phenoxy) is 1. The molecule has 2 amide bonds. The van der Waals surface area contributed by atoms with Crippen molar-refractivity contribution in [2.24, 2.45) is 5.73 Å². The smallest absolute Gasteiger partial charge is 0.312 e. The lowest BCUT2D eigenvalue weighted by atomic mass is 10.4. The highest BCUT2D eigenvalue weighted by Crippen LogP contribution is 1.85. The summed E-state index contributed by atoms with van der Waals surface area (Å²) < 4.78 is 4.46. The monoisotopic (exact) mass is 178 g/mol. The van der Waals surface area contributed by atoms with Gasteiger partial charge >= 0.3 is 12.0 Å². The lowest BCUT2D eigenvalue weighted by Gasteiger charge is -2.00. The third-order valence-electron chi connectivity index (χ3n) is 0.854. The molecule has 6 heteroatoms. The zero-order valence-corrected chi connectivity index (χ0v) is 6.77. The van der Waals surface area contributed by atoms with Crippen molar-refractivity contribution in [2.45, 2.75) is 6.42 Å². The van der Waals surface area contributed by atoms with E-state index < -0.39 is 12.0 Å². The van der Waals surface area contributed by atoms with E-state index in [1.807, 2.05) is 0 Å². The Balaban J connectivity index is 3.24. The summed E-state index contributed by atoms with van der Waals surface area (Å²) in [4.78, 5) is 20.6. The summed E-state index contributed by atoms with van der Waals surface area (Å²) in [5.74, 6) is -0.358. The highest BCUT2D eigenvalue weighted by molar-refractivity contribution is 7.80. The Hall–Kier alpha value is -0.910. The van der Waals surface area contributed by atoms with Crippen LogP contribution in [0.1, 0.15) is 6.42 Å². The van der Waals surface area contributed by atoms with Crippen LogP contribution >= 0.6 is 12.6 Å². The maximum atomic E-state index is 10.6. The van der Waals surface area contributed by atoms with E-state index in [1.165, 1.54) is 0 Å². The first kappa shape index (κ1) is 10.1. The molecule has 0 atom stereocenters. The minimum atomic E-state index is -0.649. The minimum Gasteiger partial charge on any atom is -0.455 e. The third kappa shape index (κ3) is 6.98. The second-order valence-electron chi connectivity index (χ2n) is 1.69. The minimum absolute atomic E-state index is 0.0510. The van der Waals surface area contributed by atoms with E-state index in [0.717, 1.165) is 0 Å². The number of primary amides is 1. The SMILES string of the molecule is NC(=O)NCCC(=O)OCS. The molecular weight excluding hydrogens is 168 g/mol. The van der Waals surface area contributed by atoms with Crippen molar-refractivity contribution in [3.05, 3.63) is 0 Å². The highest BCUT2D eigenvalue weighted by atomic mass is 32.1. The number of urea groups is 1. The molecular formula is C5H10N2O3S. The lowest BCUT2D eigenvalue weighted by molar-refractivity contribution is -0.141. The summed E-state index contributed by atoms with van der Waals surface area (Å²) >= 11 is 3.67. The lowest BCUT2D eigenvalue weighted by Crippen LogP contribution is -2.31. The number of thiol groups is 1. The summed E-state index contributed by atoms with van der Waals surface area (Å²) in [6.45, 7) is 0.196. The van der Waals surface area contributed by atoms with Crippen LogP contribution in [0.3, 0.4) is 0 Å². The number of amides is 2. The molecule has 0 fully saturated rings. The molecule has 0 radical (unpaired) electrons. The normalized spacial score (nSPS) is 8.82. The number of nitrogens with two attached hydrogens (primary N) is 1. The Morgan fingerprint density at radius 3 is 2.64 bits per heavy atom. The first-order valence-corrected chi connectivity index (χ1v) is 3.60. The maximum Gasteiger partial charge on any atom is 0.312 e. The number of nitrogens with one attached hydrogen (secondary N) is 1. The Morgan fingerprint density at radius 2 is 2.18 bits per heavy atom. The van der Waals surface area contributed by atoms with E-state index in [-0.39, 0.29) is 18.9 Å². The predicted molar refractivity (Wildman–Crippen MR) is 42.1 cm³/mol. The fourth-order valence-electron chi connectivity index (χ4n) is 0.432. The van der Waals surface area contributed by atoms with Crippen molar-refractivity contribution in [3.8, 4) is 0 Å². The molecule has 11 heavy (non-hydrogen) atoms. The van der Waals surface area contributed by atoms with Crippen molar-refractivity contribution in [3.63, 3.8) is 0 Å². The summed E-state index contributed by atoms with van der Waals surface area (Å²) in [7, 11) is 0. The Morgan fingerprint density at radius 1 is 1.55 bits per heavy atom. The van der Waals surface area contributed by atoms with Crippen LogP contribution in [0.4, 0.5) is 4.79 Å². The second-order valence-corrected chi connectivity index (χ2v) is 1.94. The van der Waals surface area contributed by atoms with Gasteiger partial charge in [0.2, 0.25) is 0 Å². The van der Waals surface area contributed by atoms with Crippen molar-refractivity contribution in [1.29, 1.82) is 0 Å². The molecule has 0 aromatic heterocycles. The molecule has 0 aliphatic carbocycles. The van der Waals surface area contributed by atoms with E-state index in [4.69, 9.17) is 5.73 Å². The van der Waals surface area contributed by atoms with Gasteiger partial charge in [0.15, 0.2) is 0 Å². The van der Waals surface area contributed by atoms with Crippen molar-refractivity contribution in [2.75, 3.05) is 12.5 Å². The van der Waals surface area contributed by atoms with Gasteiger partial charge in [-0.1, -0.05) is 0 Å². The zero-order chi connectivity index (χ0) is 8.69. The Bertz CT molecular complexity index is 151. The highest BCUT2D eigenvalue weighted by Gasteiger charge is 2.00. The third-order valence-corrected chi connectivity index (χ3v) is 0.983. The van der Waals surface area contributed by atoms with Crippen molar-refractivity contribution < 1.29 is 14.3 Å². The molecule has 3 N–H and O–H groups in total. The van der Waals surface area contributed by atoms with E-state index in [1.54, 1.807) is 0 Å². The van der Waals surface area contributed by atoms with Gasteiger partial charge in [0.1, 0.15) is 5.94 Å². The topological polar surface area (TPSA) is 81.4 Å². The molecule has 0 unspecified atom stereocenters. The van der Waals surface area contributed by atoms with Crippen LogP contribution in [-0.2, 0) is 9.53 Å². The van der Waals surface area contributed by atoms with Gasteiger partial charge in [-0.05, 0) is 0 Å². The Kier molecular flexibility index (Phi) is 5.36. The van der Waals surface area contributed by atoms with E-state index in [9.17, 15) is 9.59 Å². The van der Waals surface area contributed by atoms with Crippen LogP contribution in [0.25, 0.3) is 0 Å².